The number of aromatic nitrogens is 2. The van der Waals surface area contributed by atoms with E-state index >= 15 is 0 Å². The van der Waals surface area contributed by atoms with Crippen LogP contribution in [0.4, 0.5) is 0 Å². The van der Waals surface area contributed by atoms with Gasteiger partial charge in [0.15, 0.2) is 4.77 Å². The summed E-state index contributed by atoms with van der Waals surface area (Å²) in [4.78, 5) is 3.10. The SMILES string of the molecule is Cc1ccc(Cl)c(-n2c(-c3ccccc3)c[nH]c2=S)c1. The number of hydrogen-bond donors (Lipinski definition) is 1. The second-order valence-corrected chi connectivity index (χ2v) is 5.43. The number of nitrogens with one attached hydrogen (secondary N) is 1. The van der Waals surface area contributed by atoms with Crippen LogP contribution >= 0.6 is 23.8 Å². The van der Waals surface area contributed by atoms with Gasteiger partial charge in [0, 0.05) is 11.8 Å². The fourth-order valence-corrected chi connectivity index (χ4v) is 2.68. The van der Waals surface area contributed by atoms with Crippen LogP contribution in [0, 0.1) is 11.7 Å². The Labute approximate surface area is 127 Å². The van der Waals surface area contributed by atoms with E-state index in [1.165, 1.54) is 0 Å². The molecule has 1 N–H and O–H groups in total. The highest BCUT2D eigenvalue weighted by Gasteiger charge is 2.11. The Kier molecular flexibility index (Phi) is 3.47. The predicted octanol–water partition coefficient (Wildman–Crippen LogP) is 5.16. The molecule has 3 aromatic rings. The maximum Gasteiger partial charge on any atom is 0.182 e. The van der Waals surface area contributed by atoms with E-state index in [0.717, 1.165) is 22.5 Å². The average molecular weight is 301 g/mol. The number of benzene rings is 2. The third-order valence-electron chi connectivity index (χ3n) is 3.19. The molecule has 0 fully saturated rings. The third-order valence-corrected chi connectivity index (χ3v) is 3.81. The molecule has 20 heavy (non-hydrogen) atoms. The second-order valence-electron chi connectivity index (χ2n) is 4.64. The summed E-state index contributed by atoms with van der Waals surface area (Å²) in [5, 5.41) is 0.684. The number of rotatable bonds is 2. The van der Waals surface area contributed by atoms with Crippen LogP contribution in [0.25, 0.3) is 16.9 Å². The van der Waals surface area contributed by atoms with Crippen molar-refractivity contribution in [3.05, 3.63) is 70.1 Å². The Balaban J connectivity index is 2.27. The minimum atomic E-state index is 0.636. The Hall–Kier alpha value is -1.84. The second kappa shape index (κ2) is 5.27. The highest BCUT2D eigenvalue weighted by Crippen LogP contribution is 2.28. The third kappa shape index (κ3) is 2.30. The van der Waals surface area contributed by atoms with Crippen LogP contribution in [-0.4, -0.2) is 9.55 Å². The van der Waals surface area contributed by atoms with Crippen LogP contribution < -0.4 is 0 Å². The molecule has 0 aliphatic heterocycles. The van der Waals surface area contributed by atoms with Crippen molar-refractivity contribution in [1.82, 2.24) is 9.55 Å². The first-order chi connectivity index (χ1) is 9.66. The first kappa shape index (κ1) is 13.2. The van der Waals surface area contributed by atoms with E-state index in [0.29, 0.717) is 9.79 Å². The van der Waals surface area contributed by atoms with Gasteiger partial charge in [-0.25, -0.2) is 0 Å². The topological polar surface area (TPSA) is 20.7 Å². The van der Waals surface area contributed by atoms with E-state index in [1.54, 1.807) is 0 Å². The quantitative estimate of drug-likeness (QED) is 0.648. The van der Waals surface area contributed by atoms with Gasteiger partial charge >= 0.3 is 0 Å². The largest absolute Gasteiger partial charge is 0.336 e. The Morgan fingerprint density at radius 2 is 1.85 bits per heavy atom. The van der Waals surface area contributed by atoms with Gasteiger partial charge in [-0.3, -0.25) is 4.57 Å². The highest BCUT2D eigenvalue weighted by atomic mass is 35.5. The number of halogens is 1. The fraction of sp³-hybridized carbons (Fsp3) is 0.0625. The van der Waals surface area contributed by atoms with Gasteiger partial charge in [0.2, 0.25) is 0 Å². The lowest BCUT2D eigenvalue weighted by Crippen LogP contribution is -1.98. The van der Waals surface area contributed by atoms with Crippen molar-refractivity contribution in [2.45, 2.75) is 6.92 Å². The lowest BCUT2D eigenvalue weighted by atomic mass is 10.1. The van der Waals surface area contributed by atoms with Gasteiger partial charge in [-0.05, 0) is 36.8 Å². The van der Waals surface area contributed by atoms with Gasteiger partial charge in [0.05, 0.1) is 16.4 Å². The van der Waals surface area contributed by atoms with Crippen molar-refractivity contribution in [1.29, 1.82) is 0 Å². The average Bonchev–Trinajstić information content (AvgIpc) is 2.84. The number of imidazole rings is 1. The fourth-order valence-electron chi connectivity index (χ4n) is 2.22. The highest BCUT2D eigenvalue weighted by molar-refractivity contribution is 7.71. The molecule has 1 heterocycles. The minimum absolute atomic E-state index is 0.636. The van der Waals surface area contributed by atoms with Crippen molar-refractivity contribution in [2.75, 3.05) is 0 Å². The molecule has 0 radical (unpaired) electrons. The van der Waals surface area contributed by atoms with E-state index in [9.17, 15) is 0 Å². The molecule has 0 saturated heterocycles. The zero-order valence-electron chi connectivity index (χ0n) is 10.9. The number of H-pyrrole nitrogens is 1. The molecule has 1 aromatic heterocycles. The van der Waals surface area contributed by atoms with Gasteiger partial charge in [0.1, 0.15) is 0 Å². The molecule has 2 aromatic carbocycles. The Morgan fingerprint density at radius 3 is 2.60 bits per heavy atom. The maximum absolute atomic E-state index is 6.34. The molecular formula is C16H13ClN2S. The molecule has 0 aliphatic rings. The van der Waals surface area contributed by atoms with Crippen LogP contribution in [0.1, 0.15) is 5.56 Å². The summed E-state index contributed by atoms with van der Waals surface area (Å²) >= 11 is 11.7. The molecule has 0 saturated carbocycles. The first-order valence-electron chi connectivity index (χ1n) is 6.29. The molecular weight excluding hydrogens is 288 g/mol. The molecule has 0 unspecified atom stereocenters. The number of aryl methyl sites for hydroxylation is 1. The lowest BCUT2D eigenvalue weighted by Gasteiger charge is -2.11. The first-order valence-corrected chi connectivity index (χ1v) is 7.08. The summed E-state index contributed by atoms with van der Waals surface area (Å²) in [6, 6.07) is 16.0. The van der Waals surface area contributed by atoms with Gasteiger partial charge in [-0.1, -0.05) is 48.0 Å². The maximum atomic E-state index is 6.34. The molecule has 0 spiro atoms. The summed E-state index contributed by atoms with van der Waals surface area (Å²) in [5.41, 5.74) is 4.14. The molecule has 2 nitrogen and oxygen atoms in total. The smallest absolute Gasteiger partial charge is 0.182 e. The van der Waals surface area contributed by atoms with Crippen LogP contribution in [0.2, 0.25) is 5.02 Å². The van der Waals surface area contributed by atoms with Crippen molar-refractivity contribution in [2.24, 2.45) is 0 Å². The van der Waals surface area contributed by atoms with Crippen molar-refractivity contribution in [3.8, 4) is 16.9 Å². The van der Waals surface area contributed by atoms with Gasteiger partial charge in [-0.2, -0.15) is 0 Å². The van der Waals surface area contributed by atoms with Crippen LogP contribution in [-0.2, 0) is 0 Å². The van der Waals surface area contributed by atoms with Crippen LogP contribution in [0.15, 0.2) is 54.7 Å². The van der Waals surface area contributed by atoms with Gasteiger partial charge in [0.25, 0.3) is 0 Å². The Bertz CT molecular complexity index is 803. The van der Waals surface area contributed by atoms with Gasteiger partial charge in [-0.15, -0.1) is 0 Å². The normalized spacial score (nSPS) is 10.7. The molecule has 0 amide bonds. The van der Waals surface area contributed by atoms with Crippen LogP contribution in [0.3, 0.4) is 0 Å². The van der Waals surface area contributed by atoms with E-state index in [1.807, 2.05) is 54.1 Å². The monoisotopic (exact) mass is 300 g/mol. The van der Waals surface area contributed by atoms with Crippen molar-refractivity contribution < 1.29 is 0 Å². The van der Waals surface area contributed by atoms with E-state index in [2.05, 4.69) is 17.1 Å². The molecule has 0 aliphatic carbocycles. The zero-order valence-corrected chi connectivity index (χ0v) is 12.5. The van der Waals surface area contributed by atoms with Crippen LogP contribution in [0.5, 0.6) is 0 Å². The van der Waals surface area contributed by atoms with Crippen molar-refractivity contribution >= 4 is 23.8 Å². The van der Waals surface area contributed by atoms with Crippen molar-refractivity contribution in [3.63, 3.8) is 0 Å². The molecule has 0 bridgehead atoms. The summed E-state index contributed by atoms with van der Waals surface area (Å²) < 4.78 is 2.61. The zero-order chi connectivity index (χ0) is 14.1. The van der Waals surface area contributed by atoms with E-state index < -0.39 is 0 Å². The summed E-state index contributed by atoms with van der Waals surface area (Å²) in [7, 11) is 0. The molecule has 100 valence electrons. The van der Waals surface area contributed by atoms with E-state index in [-0.39, 0.29) is 0 Å². The number of hydrogen-bond acceptors (Lipinski definition) is 1. The Morgan fingerprint density at radius 1 is 1.10 bits per heavy atom. The summed E-state index contributed by atoms with van der Waals surface area (Å²) in [5.74, 6) is 0. The molecule has 4 heteroatoms. The molecule has 3 rings (SSSR count). The summed E-state index contributed by atoms with van der Waals surface area (Å²) in [6.07, 6.45) is 1.91. The van der Waals surface area contributed by atoms with E-state index in [4.69, 9.17) is 23.8 Å². The predicted molar refractivity (Wildman–Crippen MR) is 86.1 cm³/mol. The number of nitrogens with zero attached hydrogens (tertiary/aromatic N) is 1. The van der Waals surface area contributed by atoms with Gasteiger partial charge < -0.3 is 4.98 Å². The molecule has 0 atom stereocenters. The number of aromatic amines is 1. The lowest BCUT2D eigenvalue weighted by molar-refractivity contribution is 1.03. The minimum Gasteiger partial charge on any atom is -0.336 e. The standard InChI is InChI=1S/C16H13ClN2S/c1-11-7-8-13(17)14(9-11)19-15(10-18-16(19)20)12-5-3-2-4-6-12/h2-10H,1H3,(H,18,20). The summed E-state index contributed by atoms with van der Waals surface area (Å²) in [6.45, 7) is 2.04.